The minimum absolute atomic E-state index is 0.180. The van der Waals surface area contributed by atoms with Gasteiger partial charge in [0.1, 0.15) is 11.6 Å². The summed E-state index contributed by atoms with van der Waals surface area (Å²) >= 11 is 0. The van der Waals surface area contributed by atoms with Crippen molar-refractivity contribution in [2.45, 2.75) is 12.8 Å². The summed E-state index contributed by atoms with van der Waals surface area (Å²) in [6.07, 6.45) is 2.33. The molecule has 5 heteroatoms. The molecule has 18 heavy (non-hydrogen) atoms. The Morgan fingerprint density at radius 3 is 2.94 bits per heavy atom. The van der Waals surface area contributed by atoms with Gasteiger partial charge in [-0.05, 0) is 37.9 Å². The number of hydrogen-bond acceptors (Lipinski definition) is 3. The van der Waals surface area contributed by atoms with Crippen molar-refractivity contribution >= 4 is 11.6 Å². The molecule has 0 unspecified atom stereocenters. The Hall–Kier alpha value is -1.62. The van der Waals surface area contributed by atoms with Crippen LogP contribution >= 0.6 is 0 Å². The summed E-state index contributed by atoms with van der Waals surface area (Å²) in [7, 11) is 1.69. The highest BCUT2D eigenvalue weighted by Gasteiger charge is 2.22. The van der Waals surface area contributed by atoms with Gasteiger partial charge in [-0.3, -0.25) is 4.79 Å². The van der Waals surface area contributed by atoms with Gasteiger partial charge in [0, 0.05) is 6.07 Å². The Morgan fingerprint density at radius 2 is 2.28 bits per heavy atom. The Balaban J connectivity index is 2.03. The van der Waals surface area contributed by atoms with E-state index in [1.165, 1.54) is 18.2 Å². The summed E-state index contributed by atoms with van der Waals surface area (Å²) in [5, 5.41) is 5.44. The molecule has 0 spiro atoms. The number of benzene rings is 1. The SMILES string of the molecule is CNCC(=O)Nc1ccc(F)cc1OCC1CC1. The molecule has 2 N–H and O–H groups in total. The van der Waals surface area contributed by atoms with Crippen LogP contribution in [0.5, 0.6) is 5.75 Å². The van der Waals surface area contributed by atoms with E-state index in [4.69, 9.17) is 4.74 Å². The smallest absolute Gasteiger partial charge is 0.238 e. The van der Waals surface area contributed by atoms with Gasteiger partial charge in [0.05, 0.1) is 18.8 Å². The second-order valence-corrected chi connectivity index (χ2v) is 4.47. The predicted molar refractivity (Wildman–Crippen MR) is 67.2 cm³/mol. The maximum Gasteiger partial charge on any atom is 0.238 e. The lowest BCUT2D eigenvalue weighted by Gasteiger charge is -2.12. The van der Waals surface area contributed by atoms with Gasteiger partial charge in [-0.1, -0.05) is 0 Å². The predicted octanol–water partition coefficient (Wildman–Crippen LogP) is 1.77. The Bertz CT molecular complexity index is 433. The van der Waals surface area contributed by atoms with E-state index in [0.717, 1.165) is 12.8 Å². The van der Waals surface area contributed by atoms with Crippen molar-refractivity contribution in [2.24, 2.45) is 5.92 Å². The number of nitrogens with one attached hydrogen (secondary N) is 2. The molecule has 1 aliphatic carbocycles. The van der Waals surface area contributed by atoms with Crippen molar-refractivity contribution in [3.63, 3.8) is 0 Å². The first-order valence-electron chi connectivity index (χ1n) is 6.06. The number of carbonyl (C=O) groups excluding carboxylic acids is 1. The minimum Gasteiger partial charge on any atom is -0.491 e. The zero-order valence-electron chi connectivity index (χ0n) is 10.3. The van der Waals surface area contributed by atoms with Gasteiger partial charge in [0.15, 0.2) is 0 Å². The fraction of sp³-hybridized carbons (Fsp3) is 0.462. The number of hydrogen-bond donors (Lipinski definition) is 2. The number of rotatable bonds is 6. The van der Waals surface area contributed by atoms with Crippen molar-refractivity contribution in [3.05, 3.63) is 24.0 Å². The molecular weight excluding hydrogens is 235 g/mol. The number of likely N-dealkylation sites (N-methyl/N-ethyl adjacent to an activating group) is 1. The molecule has 4 nitrogen and oxygen atoms in total. The molecule has 0 bridgehead atoms. The van der Waals surface area contributed by atoms with Crippen LogP contribution in [0.3, 0.4) is 0 Å². The second-order valence-electron chi connectivity index (χ2n) is 4.47. The van der Waals surface area contributed by atoms with Crippen molar-refractivity contribution < 1.29 is 13.9 Å². The van der Waals surface area contributed by atoms with Crippen molar-refractivity contribution in [2.75, 3.05) is 25.5 Å². The highest BCUT2D eigenvalue weighted by atomic mass is 19.1. The van der Waals surface area contributed by atoms with Gasteiger partial charge in [-0.25, -0.2) is 4.39 Å². The standard InChI is InChI=1S/C13H17FN2O2/c1-15-7-13(17)16-11-5-4-10(14)6-12(11)18-8-9-2-3-9/h4-6,9,15H,2-3,7-8H2,1H3,(H,16,17). The highest BCUT2D eigenvalue weighted by Crippen LogP contribution is 2.32. The third-order valence-corrected chi connectivity index (χ3v) is 2.73. The molecule has 0 heterocycles. The van der Waals surface area contributed by atoms with Crippen LogP contribution < -0.4 is 15.4 Å². The topological polar surface area (TPSA) is 50.4 Å². The lowest BCUT2D eigenvalue weighted by Crippen LogP contribution is -2.25. The van der Waals surface area contributed by atoms with Gasteiger partial charge in [-0.15, -0.1) is 0 Å². The number of carbonyl (C=O) groups is 1. The summed E-state index contributed by atoms with van der Waals surface area (Å²) in [4.78, 5) is 11.5. The quantitative estimate of drug-likeness (QED) is 0.811. The molecular formula is C13H17FN2O2. The molecule has 0 saturated heterocycles. The molecule has 1 saturated carbocycles. The number of amides is 1. The molecule has 0 atom stereocenters. The maximum atomic E-state index is 13.2. The third kappa shape index (κ3) is 3.70. The molecule has 0 radical (unpaired) electrons. The lowest BCUT2D eigenvalue weighted by atomic mass is 10.2. The van der Waals surface area contributed by atoms with E-state index in [1.807, 2.05) is 0 Å². The monoisotopic (exact) mass is 252 g/mol. The average molecular weight is 252 g/mol. The normalized spacial score (nSPS) is 14.3. The Labute approximate surface area is 106 Å². The average Bonchev–Trinajstić information content (AvgIpc) is 3.14. The van der Waals surface area contributed by atoms with E-state index >= 15 is 0 Å². The zero-order chi connectivity index (χ0) is 13.0. The van der Waals surface area contributed by atoms with Gasteiger partial charge in [-0.2, -0.15) is 0 Å². The molecule has 0 aromatic heterocycles. The van der Waals surface area contributed by atoms with Crippen molar-refractivity contribution in [1.29, 1.82) is 0 Å². The first-order valence-corrected chi connectivity index (χ1v) is 6.06. The van der Waals surface area contributed by atoms with Crippen LogP contribution in [0, 0.1) is 11.7 Å². The van der Waals surface area contributed by atoms with E-state index < -0.39 is 0 Å². The Morgan fingerprint density at radius 1 is 1.50 bits per heavy atom. The first kappa shape index (κ1) is 12.8. The van der Waals surface area contributed by atoms with E-state index in [-0.39, 0.29) is 18.3 Å². The largest absolute Gasteiger partial charge is 0.491 e. The summed E-state index contributed by atoms with van der Waals surface area (Å²) in [6.45, 7) is 0.789. The number of halogens is 1. The minimum atomic E-state index is -0.368. The van der Waals surface area contributed by atoms with Crippen LogP contribution in [0.15, 0.2) is 18.2 Å². The molecule has 1 aliphatic rings. The van der Waals surface area contributed by atoms with E-state index in [2.05, 4.69) is 10.6 Å². The molecule has 2 rings (SSSR count). The van der Waals surface area contributed by atoms with Gasteiger partial charge < -0.3 is 15.4 Å². The summed E-state index contributed by atoms with van der Waals surface area (Å²) in [5.74, 6) is 0.424. The van der Waals surface area contributed by atoms with E-state index in [9.17, 15) is 9.18 Å². The van der Waals surface area contributed by atoms with Crippen molar-refractivity contribution in [1.82, 2.24) is 5.32 Å². The maximum absolute atomic E-state index is 13.2. The summed E-state index contributed by atoms with van der Waals surface area (Å²) < 4.78 is 18.7. The molecule has 1 aromatic carbocycles. The fourth-order valence-electron chi connectivity index (χ4n) is 1.57. The Kier molecular flexibility index (Phi) is 4.15. The van der Waals surface area contributed by atoms with Crippen LogP contribution in [-0.2, 0) is 4.79 Å². The summed E-state index contributed by atoms with van der Waals surface area (Å²) in [6, 6.07) is 4.13. The van der Waals surface area contributed by atoms with Crippen LogP contribution in [0.2, 0.25) is 0 Å². The zero-order valence-corrected chi connectivity index (χ0v) is 10.3. The van der Waals surface area contributed by atoms with Gasteiger partial charge >= 0.3 is 0 Å². The summed E-state index contributed by atoms with van der Waals surface area (Å²) in [5.41, 5.74) is 0.511. The lowest BCUT2D eigenvalue weighted by molar-refractivity contribution is -0.115. The van der Waals surface area contributed by atoms with Crippen molar-refractivity contribution in [3.8, 4) is 5.75 Å². The third-order valence-electron chi connectivity index (χ3n) is 2.73. The second kappa shape index (κ2) is 5.82. The number of anilines is 1. The van der Waals surface area contributed by atoms with E-state index in [0.29, 0.717) is 24.0 Å². The first-order chi connectivity index (χ1) is 8.69. The molecule has 1 aromatic rings. The molecule has 0 aliphatic heterocycles. The van der Waals surface area contributed by atoms with E-state index in [1.54, 1.807) is 7.05 Å². The van der Waals surface area contributed by atoms with Crippen LogP contribution in [0.25, 0.3) is 0 Å². The molecule has 1 fully saturated rings. The van der Waals surface area contributed by atoms with Crippen LogP contribution in [-0.4, -0.2) is 26.1 Å². The fourth-order valence-corrected chi connectivity index (χ4v) is 1.57. The molecule has 1 amide bonds. The number of ether oxygens (including phenoxy) is 1. The molecule has 98 valence electrons. The van der Waals surface area contributed by atoms with Gasteiger partial charge in [0.2, 0.25) is 5.91 Å². The van der Waals surface area contributed by atoms with Crippen LogP contribution in [0.1, 0.15) is 12.8 Å². The highest BCUT2D eigenvalue weighted by molar-refractivity contribution is 5.93. The van der Waals surface area contributed by atoms with Gasteiger partial charge in [0.25, 0.3) is 0 Å². The van der Waals surface area contributed by atoms with Crippen LogP contribution in [0.4, 0.5) is 10.1 Å².